The molecule has 1 saturated heterocycles. The predicted octanol–water partition coefficient (Wildman–Crippen LogP) is 4.60. The van der Waals surface area contributed by atoms with Crippen molar-refractivity contribution in [2.45, 2.75) is 13.0 Å². The van der Waals surface area contributed by atoms with Gasteiger partial charge < -0.3 is 15.1 Å². The smallest absolute Gasteiger partial charge is 0.256 e. The average molecular weight is 462 g/mol. The van der Waals surface area contributed by atoms with Gasteiger partial charge in [-0.05, 0) is 42.0 Å². The van der Waals surface area contributed by atoms with Crippen LogP contribution >= 0.6 is 11.6 Å². The molecule has 3 amide bonds. The highest BCUT2D eigenvalue weighted by Crippen LogP contribution is 2.28. The van der Waals surface area contributed by atoms with Crippen LogP contribution in [0.15, 0.2) is 78.9 Å². The number of benzene rings is 3. The van der Waals surface area contributed by atoms with Crippen LogP contribution in [-0.2, 0) is 16.1 Å². The summed E-state index contributed by atoms with van der Waals surface area (Å²) in [6, 6.07) is 23.6. The van der Waals surface area contributed by atoms with E-state index in [9.17, 15) is 14.4 Å². The quantitative estimate of drug-likeness (QED) is 0.583. The van der Waals surface area contributed by atoms with Crippen molar-refractivity contribution < 1.29 is 14.4 Å². The van der Waals surface area contributed by atoms with Crippen LogP contribution in [0, 0.1) is 5.92 Å². The van der Waals surface area contributed by atoms with Crippen LogP contribution in [0.1, 0.15) is 22.3 Å². The topological polar surface area (TPSA) is 69.7 Å². The fourth-order valence-corrected chi connectivity index (χ4v) is 4.03. The van der Waals surface area contributed by atoms with Gasteiger partial charge in [0.05, 0.1) is 17.2 Å². The van der Waals surface area contributed by atoms with E-state index in [0.717, 1.165) is 5.56 Å². The van der Waals surface area contributed by atoms with Gasteiger partial charge in [-0.1, -0.05) is 54.1 Å². The Labute approximate surface area is 197 Å². The summed E-state index contributed by atoms with van der Waals surface area (Å²) in [5.74, 6) is -1.12. The Morgan fingerprint density at radius 1 is 1.00 bits per heavy atom. The van der Waals surface area contributed by atoms with E-state index >= 15 is 0 Å². The van der Waals surface area contributed by atoms with Crippen molar-refractivity contribution in [1.82, 2.24) is 4.90 Å². The minimum atomic E-state index is -0.515. The lowest BCUT2D eigenvalue weighted by Crippen LogP contribution is -2.30. The predicted molar refractivity (Wildman–Crippen MR) is 129 cm³/mol. The van der Waals surface area contributed by atoms with Crippen LogP contribution in [0.4, 0.5) is 11.4 Å². The molecule has 0 saturated carbocycles. The average Bonchev–Trinajstić information content (AvgIpc) is 3.22. The van der Waals surface area contributed by atoms with Crippen molar-refractivity contribution in [2.75, 3.05) is 23.8 Å². The largest absolute Gasteiger partial charge is 0.337 e. The fraction of sp³-hybridized carbons (Fsp3) is 0.192. The van der Waals surface area contributed by atoms with Crippen molar-refractivity contribution in [3.05, 3.63) is 95.0 Å². The summed E-state index contributed by atoms with van der Waals surface area (Å²) in [6.45, 7) is 0.728. The molecule has 0 radical (unpaired) electrons. The maximum atomic E-state index is 13.1. The highest BCUT2D eigenvalue weighted by atomic mass is 35.5. The van der Waals surface area contributed by atoms with E-state index in [2.05, 4.69) is 5.32 Å². The second-order valence-corrected chi connectivity index (χ2v) is 8.50. The summed E-state index contributed by atoms with van der Waals surface area (Å²) in [7, 11) is 1.73. The van der Waals surface area contributed by atoms with E-state index in [4.69, 9.17) is 11.6 Å². The lowest BCUT2D eigenvalue weighted by Gasteiger charge is -2.20. The van der Waals surface area contributed by atoms with E-state index in [1.165, 1.54) is 0 Å². The van der Waals surface area contributed by atoms with Gasteiger partial charge in [0.25, 0.3) is 5.91 Å². The van der Waals surface area contributed by atoms with Gasteiger partial charge >= 0.3 is 0 Å². The molecule has 168 valence electrons. The molecule has 1 unspecified atom stereocenters. The number of nitrogens with one attached hydrogen (secondary N) is 1. The van der Waals surface area contributed by atoms with Crippen molar-refractivity contribution in [1.29, 1.82) is 0 Å². The monoisotopic (exact) mass is 461 g/mol. The first-order chi connectivity index (χ1) is 15.9. The van der Waals surface area contributed by atoms with Gasteiger partial charge in [0.15, 0.2) is 0 Å². The second kappa shape index (κ2) is 9.88. The number of anilines is 2. The molecular formula is C26H24ClN3O3. The molecule has 33 heavy (non-hydrogen) atoms. The molecule has 1 aliphatic rings. The highest BCUT2D eigenvalue weighted by molar-refractivity contribution is 6.30. The Morgan fingerprint density at radius 2 is 1.67 bits per heavy atom. The normalized spacial score (nSPS) is 15.4. The van der Waals surface area contributed by atoms with Gasteiger partial charge in [0.2, 0.25) is 11.8 Å². The number of amides is 3. The molecule has 1 heterocycles. The fourth-order valence-electron chi connectivity index (χ4n) is 3.90. The molecular weight excluding hydrogens is 438 g/mol. The first kappa shape index (κ1) is 22.6. The lowest BCUT2D eigenvalue weighted by atomic mass is 10.1. The van der Waals surface area contributed by atoms with Gasteiger partial charge in [-0.3, -0.25) is 14.4 Å². The van der Waals surface area contributed by atoms with Crippen molar-refractivity contribution in [3.8, 4) is 0 Å². The zero-order valence-corrected chi connectivity index (χ0v) is 19.0. The molecule has 7 heteroatoms. The SMILES string of the molecule is CN(Cc1ccccc1)C(=O)c1ccccc1NC(=O)C1CC(=O)N(c2ccc(Cl)cc2)C1. The number of carbonyl (C=O) groups is 3. The Balaban J connectivity index is 1.45. The summed E-state index contributed by atoms with van der Waals surface area (Å²) in [4.78, 5) is 41.8. The first-order valence-corrected chi connectivity index (χ1v) is 11.1. The second-order valence-electron chi connectivity index (χ2n) is 8.06. The zero-order valence-electron chi connectivity index (χ0n) is 18.2. The maximum absolute atomic E-state index is 13.1. The highest BCUT2D eigenvalue weighted by Gasteiger charge is 2.35. The van der Waals surface area contributed by atoms with Crippen LogP contribution in [0.25, 0.3) is 0 Å². The van der Waals surface area contributed by atoms with Gasteiger partial charge in [-0.15, -0.1) is 0 Å². The number of halogens is 1. The molecule has 1 aliphatic heterocycles. The lowest BCUT2D eigenvalue weighted by molar-refractivity contribution is -0.122. The van der Waals surface area contributed by atoms with Crippen LogP contribution in [0.2, 0.25) is 5.02 Å². The third-order valence-corrected chi connectivity index (χ3v) is 5.91. The molecule has 4 rings (SSSR count). The Bertz CT molecular complexity index is 1160. The minimum Gasteiger partial charge on any atom is -0.337 e. The zero-order chi connectivity index (χ0) is 23.4. The van der Waals surface area contributed by atoms with E-state index in [1.54, 1.807) is 65.4 Å². The molecule has 0 bridgehead atoms. The summed E-state index contributed by atoms with van der Waals surface area (Å²) in [5.41, 5.74) is 2.56. The standard InChI is InChI=1S/C26H24ClN3O3/c1-29(16-18-7-3-2-4-8-18)26(33)22-9-5-6-10-23(22)28-25(32)19-15-24(31)30(17-19)21-13-11-20(27)12-14-21/h2-14,19H,15-17H2,1H3,(H,28,32). The molecule has 1 atom stereocenters. The minimum absolute atomic E-state index is 0.110. The number of hydrogen-bond donors (Lipinski definition) is 1. The third kappa shape index (κ3) is 5.23. The van der Waals surface area contributed by atoms with Crippen LogP contribution < -0.4 is 10.2 Å². The molecule has 0 aliphatic carbocycles. The van der Waals surface area contributed by atoms with Crippen LogP contribution in [0.5, 0.6) is 0 Å². The summed E-state index contributed by atoms with van der Waals surface area (Å²) < 4.78 is 0. The van der Waals surface area contributed by atoms with Crippen molar-refractivity contribution in [3.63, 3.8) is 0 Å². The van der Waals surface area contributed by atoms with Gasteiger partial charge in [0, 0.05) is 37.3 Å². The van der Waals surface area contributed by atoms with E-state index in [-0.39, 0.29) is 30.7 Å². The maximum Gasteiger partial charge on any atom is 0.256 e. The Morgan fingerprint density at radius 3 is 2.39 bits per heavy atom. The van der Waals surface area contributed by atoms with Crippen molar-refractivity contribution in [2.24, 2.45) is 5.92 Å². The molecule has 0 aromatic heterocycles. The Kier molecular flexibility index (Phi) is 6.75. The number of hydrogen-bond acceptors (Lipinski definition) is 3. The molecule has 0 spiro atoms. The van der Waals surface area contributed by atoms with Gasteiger partial charge in [-0.25, -0.2) is 0 Å². The molecule has 6 nitrogen and oxygen atoms in total. The molecule has 3 aromatic rings. The van der Waals surface area contributed by atoms with Crippen LogP contribution in [0.3, 0.4) is 0 Å². The molecule has 1 fully saturated rings. The molecule has 1 N–H and O–H groups in total. The van der Waals surface area contributed by atoms with Gasteiger partial charge in [-0.2, -0.15) is 0 Å². The number of carbonyl (C=O) groups excluding carboxylic acids is 3. The summed E-state index contributed by atoms with van der Waals surface area (Å²) in [5, 5.41) is 3.45. The van der Waals surface area contributed by atoms with E-state index < -0.39 is 5.92 Å². The summed E-state index contributed by atoms with van der Waals surface area (Å²) in [6.07, 6.45) is 0.110. The first-order valence-electron chi connectivity index (χ1n) is 10.7. The number of para-hydroxylation sites is 1. The van der Waals surface area contributed by atoms with Gasteiger partial charge in [0.1, 0.15) is 0 Å². The summed E-state index contributed by atoms with van der Waals surface area (Å²) >= 11 is 5.93. The van der Waals surface area contributed by atoms with E-state index in [0.29, 0.717) is 28.5 Å². The molecule has 3 aromatic carbocycles. The number of rotatable bonds is 6. The van der Waals surface area contributed by atoms with E-state index in [1.807, 2.05) is 30.3 Å². The third-order valence-electron chi connectivity index (χ3n) is 5.66. The Hall–Kier alpha value is -3.64. The van der Waals surface area contributed by atoms with Crippen molar-refractivity contribution >= 4 is 40.7 Å². The number of nitrogens with zero attached hydrogens (tertiary/aromatic N) is 2. The van der Waals surface area contributed by atoms with Crippen LogP contribution in [-0.4, -0.2) is 36.2 Å².